The quantitative estimate of drug-likeness (QED) is 0.884. The van der Waals surface area contributed by atoms with Gasteiger partial charge in [-0.15, -0.1) is 0 Å². The molecule has 1 aliphatic rings. The van der Waals surface area contributed by atoms with Crippen molar-refractivity contribution in [2.24, 2.45) is 0 Å². The minimum absolute atomic E-state index is 0.0194. The molecule has 0 aromatic heterocycles. The monoisotopic (exact) mass is 311 g/mol. The summed E-state index contributed by atoms with van der Waals surface area (Å²) >= 11 is 0. The van der Waals surface area contributed by atoms with Crippen molar-refractivity contribution in [2.45, 2.75) is 45.1 Å². The number of nitrogens with one attached hydrogen (secondary N) is 1. The van der Waals surface area contributed by atoms with Crippen LogP contribution in [0.1, 0.15) is 48.1 Å². The van der Waals surface area contributed by atoms with E-state index in [2.05, 4.69) is 23.5 Å². The number of carbonyl (C=O) groups excluding carboxylic acids is 1. The number of aryl methyl sites for hydroxylation is 3. The van der Waals surface area contributed by atoms with Gasteiger partial charge in [0.1, 0.15) is 5.82 Å². The van der Waals surface area contributed by atoms with Gasteiger partial charge in [-0.2, -0.15) is 0 Å². The van der Waals surface area contributed by atoms with Gasteiger partial charge in [0, 0.05) is 6.42 Å². The summed E-state index contributed by atoms with van der Waals surface area (Å²) in [6.07, 6.45) is 4.25. The van der Waals surface area contributed by atoms with Crippen LogP contribution in [0.15, 0.2) is 42.5 Å². The van der Waals surface area contributed by atoms with Crippen LogP contribution in [0.5, 0.6) is 0 Å². The van der Waals surface area contributed by atoms with Crippen molar-refractivity contribution in [3.05, 3.63) is 70.5 Å². The van der Waals surface area contributed by atoms with Crippen molar-refractivity contribution >= 4 is 5.91 Å². The average Bonchev–Trinajstić information content (AvgIpc) is 3.01. The van der Waals surface area contributed by atoms with E-state index < -0.39 is 0 Å². The second kappa shape index (κ2) is 6.95. The number of hydrogen-bond donors (Lipinski definition) is 1. The molecule has 2 aromatic rings. The fraction of sp³-hybridized carbons (Fsp3) is 0.350. The van der Waals surface area contributed by atoms with Gasteiger partial charge in [0.05, 0.1) is 6.04 Å². The van der Waals surface area contributed by atoms with E-state index in [1.54, 1.807) is 18.2 Å². The fourth-order valence-electron chi connectivity index (χ4n) is 3.21. The predicted octanol–water partition coefficient (Wildman–Crippen LogP) is 4.12. The zero-order valence-corrected chi connectivity index (χ0v) is 13.4. The van der Waals surface area contributed by atoms with Crippen molar-refractivity contribution in [2.75, 3.05) is 0 Å². The fourth-order valence-corrected chi connectivity index (χ4v) is 3.21. The van der Waals surface area contributed by atoms with Crippen molar-refractivity contribution in [3.8, 4) is 0 Å². The lowest BCUT2D eigenvalue weighted by Gasteiger charge is -2.16. The molecule has 0 radical (unpaired) electrons. The molecule has 1 atom stereocenters. The SMILES string of the molecule is C[C@H](NC(=O)CCc1ccccc1F)c1ccc2c(c1)CCC2. The van der Waals surface area contributed by atoms with E-state index in [0.29, 0.717) is 18.4 Å². The Labute approximate surface area is 136 Å². The zero-order valence-electron chi connectivity index (χ0n) is 13.4. The molecule has 0 saturated heterocycles. The number of rotatable bonds is 5. The topological polar surface area (TPSA) is 29.1 Å². The van der Waals surface area contributed by atoms with E-state index in [4.69, 9.17) is 0 Å². The summed E-state index contributed by atoms with van der Waals surface area (Å²) < 4.78 is 13.6. The molecule has 0 unspecified atom stereocenters. The Morgan fingerprint density at radius 1 is 1.17 bits per heavy atom. The molecule has 1 aliphatic carbocycles. The van der Waals surface area contributed by atoms with Crippen LogP contribution >= 0.6 is 0 Å². The third-order valence-electron chi connectivity index (χ3n) is 4.58. The number of amides is 1. The van der Waals surface area contributed by atoms with Gasteiger partial charge in [0.2, 0.25) is 5.91 Å². The minimum atomic E-state index is -0.244. The summed E-state index contributed by atoms with van der Waals surface area (Å²) in [5, 5.41) is 3.02. The Morgan fingerprint density at radius 2 is 1.96 bits per heavy atom. The number of benzene rings is 2. The number of halogens is 1. The summed E-state index contributed by atoms with van der Waals surface area (Å²) in [5.74, 6) is -0.284. The summed E-state index contributed by atoms with van der Waals surface area (Å²) in [6, 6.07) is 13.1. The summed E-state index contributed by atoms with van der Waals surface area (Å²) in [5.41, 5.74) is 4.58. The number of fused-ring (bicyclic) bond motifs is 1. The van der Waals surface area contributed by atoms with Gasteiger partial charge in [-0.1, -0.05) is 36.4 Å². The first kappa shape index (κ1) is 15.7. The highest BCUT2D eigenvalue weighted by Gasteiger charge is 2.15. The lowest BCUT2D eigenvalue weighted by Crippen LogP contribution is -2.27. The highest BCUT2D eigenvalue weighted by Crippen LogP contribution is 2.25. The van der Waals surface area contributed by atoms with Crippen LogP contribution in [-0.4, -0.2) is 5.91 Å². The van der Waals surface area contributed by atoms with Crippen LogP contribution < -0.4 is 5.32 Å². The van der Waals surface area contributed by atoms with Gasteiger partial charge in [-0.25, -0.2) is 4.39 Å². The molecule has 3 rings (SSSR count). The first-order valence-electron chi connectivity index (χ1n) is 8.28. The van der Waals surface area contributed by atoms with Gasteiger partial charge in [0.15, 0.2) is 0 Å². The van der Waals surface area contributed by atoms with Crippen LogP contribution in [0, 0.1) is 5.82 Å². The van der Waals surface area contributed by atoms with Crippen LogP contribution in [-0.2, 0) is 24.1 Å². The van der Waals surface area contributed by atoms with Gasteiger partial charge < -0.3 is 5.32 Å². The van der Waals surface area contributed by atoms with Crippen LogP contribution in [0.25, 0.3) is 0 Å². The molecule has 0 spiro atoms. The molecule has 120 valence electrons. The highest BCUT2D eigenvalue weighted by atomic mass is 19.1. The van der Waals surface area contributed by atoms with E-state index >= 15 is 0 Å². The second-order valence-corrected chi connectivity index (χ2v) is 6.26. The van der Waals surface area contributed by atoms with Gasteiger partial charge >= 0.3 is 0 Å². The number of hydrogen-bond acceptors (Lipinski definition) is 1. The third kappa shape index (κ3) is 3.79. The van der Waals surface area contributed by atoms with E-state index in [-0.39, 0.29) is 17.8 Å². The largest absolute Gasteiger partial charge is 0.350 e. The van der Waals surface area contributed by atoms with Crippen molar-refractivity contribution in [3.63, 3.8) is 0 Å². The van der Waals surface area contributed by atoms with Gasteiger partial charge in [-0.3, -0.25) is 4.79 Å². The molecule has 3 heteroatoms. The summed E-state index contributed by atoms with van der Waals surface area (Å²) in [7, 11) is 0. The van der Waals surface area contributed by atoms with Gasteiger partial charge in [0.25, 0.3) is 0 Å². The van der Waals surface area contributed by atoms with E-state index in [1.807, 2.05) is 6.92 Å². The Bertz CT molecular complexity index is 711. The molecular weight excluding hydrogens is 289 g/mol. The van der Waals surface area contributed by atoms with Crippen LogP contribution in [0.4, 0.5) is 4.39 Å². The molecule has 23 heavy (non-hydrogen) atoms. The van der Waals surface area contributed by atoms with Crippen molar-refractivity contribution in [1.82, 2.24) is 5.32 Å². The smallest absolute Gasteiger partial charge is 0.220 e. The Hall–Kier alpha value is -2.16. The first-order chi connectivity index (χ1) is 11.1. The van der Waals surface area contributed by atoms with E-state index in [9.17, 15) is 9.18 Å². The standard InChI is InChI=1S/C20H22FNO/c1-14(17-10-9-15-6-4-7-18(15)13-17)22-20(23)12-11-16-5-2-3-8-19(16)21/h2-3,5,8-10,13-14H,4,6-7,11-12H2,1H3,(H,22,23)/t14-/m0/s1. The Balaban J connectivity index is 1.56. The highest BCUT2D eigenvalue weighted by molar-refractivity contribution is 5.76. The third-order valence-corrected chi connectivity index (χ3v) is 4.58. The molecule has 0 saturated carbocycles. The molecule has 1 N–H and O–H groups in total. The molecular formula is C20H22FNO. The lowest BCUT2D eigenvalue weighted by molar-refractivity contribution is -0.121. The maximum Gasteiger partial charge on any atom is 0.220 e. The Kier molecular flexibility index (Phi) is 4.75. The molecule has 0 bridgehead atoms. The number of carbonyl (C=O) groups is 1. The van der Waals surface area contributed by atoms with Crippen LogP contribution in [0.3, 0.4) is 0 Å². The van der Waals surface area contributed by atoms with Gasteiger partial charge in [-0.05, 0) is 60.9 Å². The normalized spacial score (nSPS) is 14.3. The second-order valence-electron chi connectivity index (χ2n) is 6.26. The molecule has 1 amide bonds. The molecule has 2 nitrogen and oxygen atoms in total. The maximum atomic E-state index is 13.6. The predicted molar refractivity (Wildman–Crippen MR) is 89.7 cm³/mol. The van der Waals surface area contributed by atoms with E-state index in [1.165, 1.54) is 30.0 Å². The summed E-state index contributed by atoms with van der Waals surface area (Å²) in [4.78, 5) is 12.1. The van der Waals surface area contributed by atoms with Crippen molar-refractivity contribution < 1.29 is 9.18 Å². The van der Waals surface area contributed by atoms with Crippen molar-refractivity contribution in [1.29, 1.82) is 0 Å². The minimum Gasteiger partial charge on any atom is -0.350 e. The Morgan fingerprint density at radius 3 is 2.78 bits per heavy atom. The molecule has 0 fully saturated rings. The first-order valence-corrected chi connectivity index (χ1v) is 8.28. The maximum absolute atomic E-state index is 13.6. The zero-order chi connectivity index (χ0) is 16.2. The lowest BCUT2D eigenvalue weighted by atomic mass is 10.0. The summed E-state index contributed by atoms with van der Waals surface area (Å²) in [6.45, 7) is 2.00. The average molecular weight is 311 g/mol. The van der Waals surface area contributed by atoms with Crippen LogP contribution in [0.2, 0.25) is 0 Å². The molecule has 2 aromatic carbocycles. The van der Waals surface area contributed by atoms with E-state index in [0.717, 1.165) is 12.0 Å². The molecule has 0 heterocycles. The molecule has 0 aliphatic heterocycles.